The predicted molar refractivity (Wildman–Crippen MR) is 52.5 cm³/mol. The van der Waals surface area contributed by atoms with Gasteiger partial charge in [0.05, 0.1) is 0 Å². The van der Waals surface area contributed by atoms with Crippen LogP contribution in [0.15, 0.2) is 18.5 Å². The monoisotopic (exact) mass is 175 g/mol. The van der Waals surface area contributed by atoms with Crippen molar-refractivity contribution < 1.29 is 0 Å². The first-order chi connectivity index (χ1) is 6.33. The Morgan fingerprint density at radius 2 is 2.54 bits per heavy atom. The number of nitrogens with zero attached hydrogens (tertiary/aromatic N) is 1. The number of hydrogen-bond donors (Lipinski definition) is 2. The third-order valence-corrected chi connectivity index (χ3v) is 1.97. The zero-order valence-corrected chi connectivity index (χ0v) is 7.62. The molecule has 1 aromatic rings. The summed E-state index contributed by atoms with van der Waals surface area (Å²) in [6.45, 7) is 2.06. The quantitative estimate of drug-likeness (QED) is 0.405. The van der Waals surface area contributed by atoms with Crippen molar-refractivity contribution in [3.63, 3.8) is 0 Å². The van der Waals surface area contributed by atoms with Crippen molar-refractivity contribution in [2.24, 2.45) is 5.84 Å². The molecule has 0 saturated heterocycles. The number of terminal acetylenes is 1. The number of hydrogen-bond acceptors (Lipinski definition) is 3. The molecule has 0 aromatic carbocycles. The molecule has 0 fully saturated rings. The van der Waals surface area contributed by atoms with Crippen LogP contribution >= 0.6 is 0 Å². The number of nitrogens with two attached hydrogens (primary N) is 1. The number of pyridine rings is 1. The lowest BCUT2D eigenvalue weighted by molar-refractivity contribution is 0.666. The number of hydrazine groups is 1. The van der Waals surface area contributed by atoms with E-state index in [-0.39, 0.29) is 6.04 Å². The molecule has 0 saturated carbocycles. The first kappa shape index (κ1) is 9.72. The van der Waals surface area contributed by atoms with Gasteiger partial charge in [-0.15, -0.1) is 6.42 Å². The molecule has 3 heteroatoms. The molecule has 0 spiro atoms. The lowest BCUT2D eigenvalue weighted by atomic mass is 10.0. The van der Waals surface area contributed by atoms with Crippen LogP contribution in [0.4, 0.5) is 0 Å². The maximum atomic E-state index is 5.33. The Morgan fingerprint density at radius 1 is 1.77 bits per heavy atom. The van der Waals surface area contributed by atoms with Gasteiger partial charge < -0.3 is 0 Å². The van der Waals surface area contributed by atoms with E-state index >= 15 is 0 Å². The molecule has 13 heavy (non-hydrogen) atoms. The fourth-order valence-corrected chi connectivity index (χ4v) is 1.24. The molecule has 1 unspecified atom stereocenters. The molecule has 0 bridgehead atoms. The molecule has 0 aliphatic heterocycles. The zero-order chi connectivity index (χ0) is 9.68. The van der Waals surface area contributed by atoms with E-state index in [0.717, 1.165) is 17.5 Å². The van der Waals surface area contributed by atoms with Gasteiger partial charge in [0.1, 0.15) is 6.04 Å². The van der Waals surface area contributed by atoms with Gasteiger partial charge in [-0.25, -0.2) is 5.43 Å². The van der Waals surface area contributed by atoms with Gasteiger partial charge in [0.25, 0.3) is 0 Å². The highest BCUT2D eigenvalue weighted by molar-refractivity contribution is 5.31. The third-order valence-electron chi connectivity index (χ3n) is 1.97. The third kappa shape index (κ3) is 2.05. The lowest BCUT2D eigenvalue weighted by Crippen LogP contribution is -2.27. The van der Waals surface area contributed by atoms with Crippen LogP contribution in [-0.4, -0.2) is 4.98 Å². The molecule has 3 nitrogen and oxygen atoms in total. The largest absolute Gasteiger partial charge is 0.270 e. The Morgan fingerprint density at radius 3 is 3.08 bits per heavy atom. The zero-order valence-electron chi connectivity index (χ0n) is 7.62. The minimum Gasteiger partial charge on any atom is -0.270 e. The van der Waals surface area contributed by atoms with Gasteiger partial charge in [-0.05, 0) is 23.6 Å². The maximum absolute atomic E-state index is 5.33. The van der Waals surface area contributed by atoms with E-state index in [9.17, 15) is 0 Å². The van der Waals surface area contributed by atoms with E-state index in [1.807, 2.05) is 12.3 Å². The highest BCUT2D eigenvalue weighted by atomic mass is 15.2. The summed E-state index contributed by atoms with van der Waals surface area (Å²) < 4.78 is 0. The number of aryl methyl sites for hydroxylation is 1. The van der Waals surface area contributed by atoms with Crippen molar-refractivity contribution in [2.75, 3.05) is 0 Å². The van der Waals surface area contributed by atoms with Gasteiger partial charge in [0, 0.05) is 12.4 Å². The van der Waals surface area contributed by atoms with Crippen molar-refractivity contribution in [3.8, 4) is 12.3 Å². The van der Waals surface area contributed by atoms with Crippen LogP contribution in [0.3, 0.4) is 0 Å². The van der Waals surface area contributed by atoms with Crippen LogP contribution in [0.25, 0.3) is 0 Å². The highest BCUT2D eigenvalue weighted by Gasteiger charge is 2.09. The van der Waals surface area contributed by atoms with E-state index < -0.39 is 0 Å². The summed E-state index contributed by atoms with van der Waals surface area (Å²) in [5.74, 6) is 7.90. The van der Waals surface area contributed by atoms with Gasteiger partial charge in [-0.3, -0.25) is 10.8 Å². The summed E-state index contributed by atoms with van der Waals surface area (Å²) in [5, 5.41) is 0. The van der Waals surface area contributed by atoms with Crippen LogP contribution in [0, 0.1) is 12.3 Å². The van der Waals surface area contributed by atoms with Crippen LogP contribution in [-0.2, 0) is 6.42 Å². The molecule has 0 radical (unpaired) electrons. The van der Waals surface area contributed by atoms with Crippen molar-refractivity contribution in [2.45, 2.75) is 19.4 Å². The van der Waals surface area contributed by atoms with Gasteiger partial charge in [-0.2, -0.15) is 0 Å². The normalized spacial score (nSPS) is 12.1. The van der Waals surface area contributed by atoms with Crippen molar-refractivity contribution in [1.82, 2.24) is 10.4 Å². The Hall–Kier alpha value is -1.37. The second-order valence-corrected chi connectivity index (χ2v) is 2.69. The van der Waals surface area contributed by atoms with Gasteiger partial charge in [0.15, 0.2) is 0 Å². The maximum Gasteiger partial charge on any atom is 0.107 e. The molecule has 3 N–H and O–H groups in total. The molecular weight excluding hydrogens is 162 g/mol. The van der Waals surface area contributed by atoms with Gasteiger partial charge in [-0.1, -0.05) is 12.8 Å². The minimum atomic E-state index is -0.224. The Balaban J connectivity index is 3.05. The van der Waals surface area contributed by atoms with E-state index in [1.54, 1.807) is 6.20 Å². The highest BCUT2D eigenvalue weighted by Crippen LogP contribution is 2.15. The second-order valence-electron chi connectivity index (χ2n) is 2.69. The summed E-state index contributed by atoms with van der Waals surface area (Å²) >= 11 is 0. The molecule has 1 heterocycles. The molecule has 0 aliphatic rings. The van der Waals surface area contributed by atoms with E-state index in [4.69, 9.17) is 12.3 Å². The fraction of sp³-hybridized carbons (Fsp3) is 0.300. The molecule has 1 aromatic heterocycles. The molecule has 0 aliphatic carbocycles. The standard InChI is InChI=1S/C10H13N3/c1-3-8-7-12-6-5-9(8)10(4-2)13-11/h2,5-7,10,13H,3,11H2,1H3. The average Bonchev–Trinajstić information content (AvgIpc) is 2.20. The van der Waals surface area contributed by atoms with Gasteiger partial charge >= 0.3 is 0 Å². The summed E-state index contributed by atoms with van der Waals surface area (Å²) in [4.78, 5) is 4.03. The predicted octanol–water partition coefficient (Wildman–Crippen LogP) is 0.782. The Labute approximate surface area is 78.3 Å². The van der Waals surface area contributed by atoms with Crippen molar-refractivity contribution in [3.05, 3.63) is 29.6 Å². The first-order valence-corrected chi connectivity index (χ1v) is 4.18. The van der Waals surface area contributed by atoms with Crippen LogP contribution in [0.1, 0.15) is 24.1 Å². The topological polar surface area (TPSA) is 50.9 Å². The smallest absolute Gasteiger partial charge is 0.107 e. The molecule has 1 rings (SSSR count). The van der Waals surface area contributed by atoms with Gasteiger partial charge in [0.2, 0.25) is 0 Å². The van der Waals surface area contributed by atoms with E-state index in [0.29, 0.717) is 0 Å². The Bertz CT molecular complexity index is 314. The first-order valence-electron chi connectivity index (χ1n) is 4.18. The lowest BCUT2D eigenvalue weighted by Gasteiger charge is -2.12. The molecule has 68 valence electrons. The van der Waals surface area contributed by atoms with Crippen molar-refractivity contribution in [1.29, 1.82) is 0 Å². The molecule has 1 atom stereocenters. The van der Waals surface area contributed by atoms with Crippen LogP contribution < -0.4 is 11.3 Å². The average molecular weight is 175 g/mol. The SMILES string of the molecule is C#CC(NN)c1ccncc1CC. The summed E-state index contributed by atoms with van der Waals surface area (Å²) in [7, 11) is 0. The second kappa shape index (κ2) is 4.61. The summed E-state index contributed by atoms with van der Waals surface area (Å²) in [6.07, 6.45) is 9.77. The molecular formula is C10H13N3. The molecule has 0 amide bonds. The number of nitrogens with one attached hydrogen (secondary N) is 1. The van der Waals surface area contributed by atoms with Crippen LogP contribution in [0.2, 0.25) is 0 Å². The summed E-state index contributed by atoms with van der Waals surface area (Å²) in [6, 6.07) is 1.67. The number of aromatic nitrogens is 1. The van der Waals surface area contributed by atoms with E-state index in [1.165, 1.54) is 0 Å². The Kier molecular flexibility index (Phi) is 3.44. The summed E-state index contributed by atoms with van der Waals surface area (Å²) in [5.41, 5.74) is 4.74. The van der Waals surface area contributed by atoms with Crippen LogP contribution in [0.5, 0.6) is 0 Å². The number of rotatable bonds is 3. The van der Waals surface area contributed by atoms with E-state index in [2.05, 4.69) is 23.3 Å². The fourth-order valence-electron chi connectivity index (χ4n) is 1.24. The van der Waals surface area contributed by atoms with Crippen molar-refractivity contribution >= 4 is 0 Å². The minimum absolute atomic E-state index is 0.224.